The third kappa shape index (κ3) is 19.3. The number of hydrogen-bond donors (Lipinski definition) is 2. The molecule has 3 aromatic heterocycles. The van der Waals surface area contributed by atoms with E-state index in [1.807, 2.05) is 5.38 Å². The SMILES string of the molecule is C=C(C(=O)OCC)c1sccc1Cl.CCOC(=O)C(C)=O.CN1C(NC(=O)OC(C)(C)C)=N[C@@]2(c3sc(Br)cc3Cl)COCC2S1(=O)=O.CN1C(NC(=O)OC(C)(C)C)=N[C@@]2(c3sccc3Cl)COCC2S1(=O)=O.[B].[B][B].[B][B][B]. The number of carbonyl (C=O) groups excluding carboxylic acids is 5. The lowest BCUT2D eigenvalue weighted by atomic mass is 9.40. The van der Waals surface area contributed by atoms with E-state index in [0.29, 0.717) is 41.9 Å². The summed E-state index contributed by atoms with van der Waals surface area (Å²) in [5, 5.41) is 7.96. The van der Waals surface area contributed by atoms with Crippen LogP contribution in [0.3, 0.4) is 0 Å². The summed E-state index contributed by atoms with van der Waals surface area (Å²) in [6.45, 7) is 19.2. The summed E-state index contributed by atoms with van der Waals surface area (Å²) in [6, 6.07) is 5.10. The molecule has 7 heterocycles. The number of ether oxygens (including phenoxy) is 6. The van der Waals surface area contributed by atoms with E-state index in [9.17, 15) is 40.8 Å². The summed E-state index contributed by atoms with van der Waals surface area (Å²) < 4.78 is 85.4. The van der Waals surface area contributed by atoms with Crippen LogP contribution in [0.1, 0.15) is 76.9 Å². The Morgan fingerprint density at radius 2 is 1.18 bits per heavy atom. The molecular formula is C44H56B6BrCl3N6O15S5. The second kappa shape index (κ2) is 32.0. The molecule has 7 rings (SSSR count). The Bertz CT molecular complexity index is 2950. The molecule has 2 saturated heterocycles. The summed E-state index contributed by atoms with van der Waals surface area (Å²) in [5.74, 6) is -1.97. The summed E-state index contributed by atoms with van der Waals surface area (Å²) >= 11 is 25.8. The Labute approximate surface area is 511 Å². The first-order valence-corrected chi connectivity index (χ1v) is 30.5. The minimum absolute atomic E-state index is 0. The monoisotopic (exact) mass is 1320 g/mol. The van der Waals surface area contributed by atoms with Gasteiger partial charge in [0.25, 0.3) is 0 Å². The van der Waals surface area contributed by atoms with Gasteiger partial charge in [0.1, 0.15) is 32.8 Å². The van der Waals surface area contributed by atoms with E-state index in [1.165, 1.54) is 55.0 Å². The van der Waals surface area contributed by atoms with Crippen molar-refractivity contribution in [1.82, 2.24) is 19.2 Å². The maximum Gasteiger partial charge on any atom is 0.414 e. The van der Waals surface area contributed by atoms with Crippen LogP contribution in [0.2, 0.25) is 15.1 Å². The number of fused-ring (bicyclic) bond motifs is 2. The number of amides is 2. The summed E-state index contributed by atoms with van der Waals surface area (Å²) in [4.78, 5) is 66.8. The van der Waals surface area contributed by atoms with Gasteiger partial charge in [0, 0.05) is 67.4 Å². The summed E-state index contributed by atoms with van der Waals surface area (Å²) in [7, 11) is 13.0. The minimum Gasteiger partial charge on any atom is -0.462 e. The van der Waals surface area contributed by atoms with Crippen LogP contribution in [-0.4, -0.2) is 189 Å². The highest BCUT2D eigenvalue weighted by Crippen LogP contribution is 2.50. The molecule has 4 aliphatic heterocycles. The van der Waals surface area contributed by atoms with Crippen LogP contribution in [-0.2, 0) is 73.9 Å². The summed E-state index contributed by atoms with van der Waals surface area (Å²) in [5.41, 5.74) is -3.58. The number of guanidine groups is 2. The molecule has 0 spiro atoms. The number of rotatable bonds is 7. The highest BCUT2D eigenvalue weighted by atomic mass is 79.9. The Morgan fingerprint density at radius 1 is 0.775 bits per heavy atom. The number of hydrogen-bond acceptors (Lipinski definition) is 20. The molecule has 21 nitrogen and oxygen atoms in total. The Balaban J connectivity index is 0.000000558. The number of carbonyl (C=O) groups is 5. The molecule has 2 amide bonds. The Morgan fingerprint density at radius 3 is 1.50 bits per heavy atom. The first-order chi connectivity index (χ1) is 36.6. The van der Waals surface area contributed by atoms with Gasteiger partial charge in [-0.15, -0.1) is 34.0 Å². The smallest absolute Gasteiger partial charge is 0.414 e. The second-order valence-corrected chi connectivity index (χ2v) is 27.9. The molecule has 3 aromatic rings. The van der Waals surface area contributed by atoms with Crippen LogP contribution in [0, 0.1) is 0 Å². The number of aliphatic imine (C=N–C) groups is 2. The zero-order valence-electron chi connectivity index (χ0n) is 45.4. The zero-order chi connectivity index (χ0) is 60.6. The topological polar surface area (TPSA) is 264 Å². The van der Waals surface area contributed by atoms with E-state index in [0.717, 1.165) is 19.5 Å². The quantitative estimate of drug-likeness (QED) is 0.0918. The van der Waals surface area contributed by atoms with Crippen LogP contribution < -0.4 is 10.6 Å². The van der Waals surface area contributed by atoms with Crippen molar-refractivity contribution >= 4 is 199 Å². The molecule has 2 N–H and O–H groups in total. The lowest BCUT2D eigenvalue weighted by Crippen LogP contribution is -2.58. The third-order valence-corrected chi connectivity index (χ3v) is 19.7. The largest absolute Gasteiger partial charge is 0.462 e. The van der Waals surface area contributed by atoms with Crippen molar-refractivity contribution in [3.8, 4) is 0 Å². The number of thiophene rings is 3. The molecule has 80 heavy (non-hydrogen) atoms. The number of halogens is 4. The molecule has 12 radical (unpaired) electrons. The lowest BCUT2D eigenvalue weighted by Gasteiger charge is -2.38. The van der Waals surface area contributed by atoms with Crippen LogP contribution in [0.15, 0.2) is 49.3 Å². The molecule has 36 heteroatoms. The maximum absolute atomic E-state index is 13.1. The first kappa shape index (κ1) is 74.5. The molecule has 0 saturated carbocycles. The molecular weight excluding hydrogens is 1260 g/mol. The van der Waals surface area contributed by atoms with Gasteiger partial charge in [-0.05, 0) is 100 Å². The van der Waals surface area contributed by atoms with Gasteiger partial charge in [-0.2, -0.15) is 0 Å². The van der Waals surface area contributed by atoms with E-state index < -0.39 is 82.7 Å². The van der Waals surface area contributed by atoms with Gasteiger partial charge < -0.3 is 28.4 Å². The highest BCUT2D eigenvalue weighted by Gasteiger charge is 2.60. The van der Waals surface area contributed by atoms with Crippen molar-refractivity contribution in [2.24, 2.45) is 9.98 Å². The van der Waals surface area contributed by atoms with Gasteiger partial charge in [0.15, 0.2) is 0 Å². The highest BCUT2D eigenvalue weighted by molar-refractivity contribution is 9.11. The second-order valence-electron chi connectivity index (χ2n) is 18.1. The standard InChI is InChI=1S/C15H19BrClN3O5S2.C15H20ClN3O5S2.C9H9ClO2S.C5H8O3.B3.B2.B/c1-14(2,3)25-13(21)18-12-19-15(11-8(17)5-10(16)26-11)7-24-6-9(15)27(22,23)20(12)4;1-14(2,3)24-13(20)17-12-18-15(11-9(16)5-6-25-11)8-23-7-10(15)26(21,22)19(12)4;1-3-12-9(11)6(2)8-7(10)4-5-13-8;1-3-8-5(7)4(2)6;1-3-2;1-2;/h5,9H,6-7H2,1-4H3,(H,18,19,21);5-6,10H,7-8H2,1-4H3,(H,17,18,20);4-5H,2-3H2,1H3;3H2,1-2H3;;;/t9?,15-;10?,15-;;;;;/m00...../s1. The van der Waals surface area contributed by atoms with Gasteiger partial charge in [-0.1, -0.05) is 41.4 Å². The Kier molecular flexibility index (Phi) is 29.8. The van der Waals surface area contributed by atoms with Crippen molar-refractivity contribution in [2.45, 2.75) is 95.1 Å². The average Bonchev–Trinajstić information content (AvgIpc) is 4.20. The molecule has 2 unspecified atom stereocenters. The van der Waals surface area contributed by atoms with E-state index in [-0.39, 0.29) is 53.4 Å². The average molecular weight is 1320 g/mol. The molecule has 0 aromatic carbocycles. The molecule has 428 valence electrons. The van der Waals surface area contributed by atoms with Gasteiger partial charge in [0.2, 0.25) is 37.7 Å². The van der Waals surface area contributed by atoms with Crippen molar-refractivity contribution in [3.05, 3.63) is 69.0 Å². The molecule has 0 bridgehead atoms. The number of esters is 2. The van der Waals surface area contributed by atoms with Crippen molar-refractivity contribution in [1.29, 1.82) is 0 Å². The number of nitrogens with zero attached hydrogens (tertiary/aromatic N) is 4. The zero-order valence-corrected chi connectivity index (χ0v) is 53.4. The van der Waals surface area contributed by atoms with Gasteiger partial charge in [-0.25, -0.2) is 54.6 Å². The fourth-order valence-corrected chi connectivity index (χ4v) is 15.3. The molecule has 0 aliphatic carbocycles. The van der Waals surface area contributed by atoms with Gasteiger partial charge >= 0.3 is 24.1 Å². The van der Waals surface area contributed by atoms with Crippen LogP contribution in [0.4, 0.5) is 9.59 Å². The van der Waals surface area contributed by atoms with E-state index in [1.54, 1.807) is 79.0 Å². The van der Waals surface area contributed by atoms with Gasteiger partial charge in [-0.3, -0.25) is 15.4 Å². The molecule has 4 atom stereocenters. The predicted molar refractivity (Wildman–Crippen MR) is 323 cm³/mol. The minimum atomic E-state index is -3.85. The first-order valence-electron chi connectivity index (χ1n) is 23.0. The van der Waals surface area contributed by atoms with Crippen molar-refractivity contribution in [2.75, 3.05) is 53.7 Å². The van der Waals surface area contributed by atoms with Crippen molar-refractivity contribution < 1.29 is 69.2 Å². The molecule has 4 aliphatic rings. The number of Topliss-reactive ketones (excluding diaryl/α,β-unsaturated/α-hetero) is 1. The number of nitrogens with one attached hydrogen (secondary N) is 2. The fraction of sp³-hybridized carbons (Fsp3) is 0.523. The normalized spacial score (nSPS) is 20.7. The summed E-state index contributed by atoms with van der Waals surface area (Å²) in [6.07, 6.45) is -1.59. The van der Waals surface area contributed by atoms with E-state index in [4.69, 9.17) is 58.5 Å². The van der Waals surface area contributed by atoms with Crippen molar-refractivity contribution in [3.63, 3.8) is 0 Å². The number of sulfonamides is 2. The number of alkyl carbamates (subject to hydrolysis) is 2. The Hall–Kier alpha value is -3.51. The van der Waals surface area contributed by atoms with Gasteiger partial charge in [0.05, 0.1) is 78.7 Å². The lowest BCUT2D eigenvalue weighted by molar-refractivity contribution is -0.152. The van der Waals surface area contributed by atoms with E-state index in [2.05, 4.69) is 78.8 Å². The maximum atomic E-state index is 13.1. The molecule has 2 fully saturated rings. The third-order valence-electron chi connectivity index (χ3n) is 10.2. The van der Waals surface area contributed by atoms with Crippen LogP contribution >= 0.6 is 84.7 Å². The van der Waals surface area contributed by atoms with Crippen LogP contribution in [0.25, 0.3) is 5.57 Å². The van der Waals surface area contributed by atoms with Crippen LogP contribution in [0.5, 0.6) is 0 Å². The number of ketones is 1. The predicted octanol–water partition coefficient (Wildman–Crippen LogP) is 5.90. The van der Waals surface area contributed by atoms with E-state index >= 15 is 0 Å². The fourth-order valence-electron chi connectivity index (χ4n) is 6.94.